The topological polar surface area (TPSA) is 86.8 Å². The molecule has 43 heavy (non-hydrogen) atoms. The lowest BCUT2D eigenvalue weighted by Gasteiger charge is -2.34. The van der Waals surface area contributed by atoms with Crippen molar-refractivity contribution in [2.45, 2.75) is 75.9 Å². The number of halogens is 3. The summed E-state index contributed by atoms with van der Waals surface area (Å²) in [5.41, 5.74) is 1.92. The van der Waals surface area contributed by atoms with E-state index in [4.69, 9.17) is 34.8 Å². The molecule has 4 rings (SSSR count). The molecule has 0 aromatic heterocycles. The van der Waals surface area contributed by atoms with Gasteiger partial charge in [0.1, 0.15) is 12.6 Å². The van der Waals surface area contributed by atoms with E-state index in [1.54, 1.807) is 42.5 Å². The predicted molar refractivity (Wildman–Crippen MR) is 173 cm³/mol. The highest BCUT2D eigenvalue weighted by Gasteiger charge is 2.34. The Bertz CT molecular complexity index is 1530. The van der Waals surface area contributed by atoms with Gasteiger partial charge in [-0.2, -0.15) is 0 Å². The van der Waals surface area contributed by atoms with Crippen molar-refractivity contribution in [1.82, 2.24) is 10.2 Å². The Hall–Kier alpha value is -2.78. The molecule has 1 N–H and O–H groups in total. The van der Waals surface area contributed by atoms with E-state index in [0.29, 0.717) is 32.7 Å². The first-order valence-electron chi connectivity index (χ1n) is 14.4. The quantitative estimate of drug-likeness (QED) is 0.231. The number of benzene rings is 3. The number of sulfonamides is 1. The van der Waals surface area contributed by atoms with Crippen molar-refractivity contribution < 1.29 is 18.0 Å². The van der Waals surface area contributed by atoms with E-state index in [1.807, 2.05) is 13.8 Å². The van der Waals surface area contributed by atoms with Crippen LogP contribution in [0.15, 0.2) is 71.6 Å². The maximum Gasteiger partial charge on any atom is 0.264 e. The van der Waals surface area contributed by atoms with Gasteiger partial charge in [0.05, 0.1) is 20.6 Å². The average Bonchev–Trinajstić information content (AvgIpc) is 2.98. The van der Waals surface area contributed by atoms with Crippen LogP contribution in [0, 0.1) is 6.92 Å². The van der Waals surface area contributed by atoms with Gasteiger partial charge in [0.2, 0.25) is 11.8 Å². The minimum Gasteiger partial charge on any atom is -0.352 e. The maximum absolute atomic E-state index is 14.2. The lowest BCUT2D eigenvalue weighted by Crippen LogP contribution is -2.54. The molecular formula is C32H36Cl3N3O4S. The number of rotatable bonds is 11. The van der Waals surface area contributed by atoms with Crippen LogP contribution in [0.1, 0.15) is 56.6 Å². The van der Waals surface area contributed by atoms with Gasteiger partial charge in [-0.3, -0.25) is 13.9 Å². The van der Waals surface area contributed by atoms with Crippen molar-refractivity contribution >= 4 is 62.3 Å². The molecule has 0 aliphatic heterocycles. The number of carbonyl (C=O) groups is 2. The Balaban J connectivity index is 1.71. The van der Waals surface area contributed by atoms with E-state index >= 15 is 0 Å². The molecule has 3 aromatic carbocycles. The molecule has 1 aliphatic rings. The predicted octanol–water partition coefficient (Wildman–Crippen LogP) is 7.41. The summed E-state index contributed by atoms with van der Waals surface area (Å²) in [5.74, 6) is -0.792. The van der Waals surface area contributed by atoms with Gasteiger partial charge in [0, 0.05) is 17.6 Å². The summed E-state index contributed by atoms with van der Waals surface area (Å²) in [4.78, 5) is 29.3. The first-order chi connectivity index (χ1) is 20.5. The smallest absolute Gasteiger partial charge is 0.264 e. The Morgan fingerprint density at radius 3 is 2.16 bits per heavy atom. The van der Waals surface area contributed by atoms with Gasteiger partial charge in [-0.1, -0.05) is 84.8 Å². The highest BCUT2D eigenvalue weighted by atomic mass is 35.5. The standard InChI is InChI=1S/C32H36Cl3N3O4S/c1-3-30(32(40)36-25-7-5-4-6-8-25)37(20-23-11-18-28(34)29(35)19-23)31(39)21-38(26-14-9-22(2)10-15-26)43(41,42)27-16-12-24(33)13-17-27/h9-19,25,30H,3-8,20-21H2,1-2H3,(H,36,40)/t30-/m0/s1. The summed E-state index contributed by atoms with van der Waals surface area (Å²) >= 11 is 18.4. The number of aryl methyl sites for hydroxylation is 1. The van der Waals surface area contributed by atoms with Crippen molar-refractivity contribution in [3.8, 4) is 0 Å². The molecule has 1 atom stereocenters. The SMILES string of the molecule is CC[C@@H](C(=O)NC1CCCCC1)N(Cc1ccc(Cl)c(Cl)c1)C(=O)CN(c1ccc(C)cc1)S(=O)(=O)c1ccc(Cl)cc1. The van der Waals surface area contributed by atoms with Crippen molar-refractivity contribution in [3.63, 3.8) is 0 Å². The molecule has 0 unspecified atom stereocenters. The molecule has 0 spiro atoms. The first kappa shape index (κ1) is 33.1. The van der Waals surface area contributed by atoms with Gasteiger partial charge in [-0.15, -0.1) is 0 Å². The molecule has 1 aliphatic carbocycles. The van der Waals surface area contributed by atoms with Crippen molar-refractivity contribution in [2.24, 2.45) is 0 Å². The molecule has 11 heteroatoms. The van der Waals surface area contributed by atoms with Crippen LogP contribution >= 0.6 is 34.8 Å². The highest BCUT2D eigenvalue weighted by molar-refractivity contribution is 7.92. The molecule has 7 nitrogen and oxygen atoms in total. The molecule has 0 bridgehead atoms. The van der Waals surface area contributed by atoms with Crippen LogP contribution in [0.5, 0.6) is 0 Å². The fraction of sp³-hybridized carbons (Fsp3) is 0.375. The molecule has 1 saturated carbocycles. The number of nitrogens with zero attached hydrogens (tertiary/aromatic N) is 2. The van der Waals surface area contributed by atoms with Crippen molar-refractivity contribution in [3.05, 3.63) is 92.9 Å². The van der Waals surface area contributed by atoms with E-state index in [1.165, 1.54) is 29.2 Å². The Morgan fingerprint density at radius 1 is 0.907 bits per heavy atom. The van der Waals surface area contributed by atoms with Gasteiger partial charge in [-0.25, -0.2) is 8.42 Å². The van der Waals surface area contributed by atoms with Crippen LogP contribution in [-0.4, -0.2) is 43.8 Å². The third-order valence-electron chi connectivity index (χ3n) is 7.68. The van der Waals surface area contributed by atoms with Crippen molar-refractivity contribution in [2.75, 3.05) is 10.8 Å². The second-order valence-electron chi connectivity index (χ2n) is 10.8. The largest absolute Gasteiger partial charge is 0.352 e. The number of amides is 2. The summed E-state index contributed by atoms with van der Waals surface area (Å²) < 4.78 is 29.0. The lowest BCUT2D eigenvalue weighted by molar-refractivity contribution is -0.140. The van der Waals surface area contributed by atoms with E-state index < -0.39 is 28.5 Å². The van der Waals surface area contributed by atoms with E-state index in [9.17, 15) is 18.0 Å². The lowest BCUT2D eigenvalue weighted by atomic mass is 9.95. The minimum absolute atomic E-state index is 0.0107. The van der Waals surface area contributed by atoms with Gasteiger partial charge in [0.15, 0.2) is 0 Å². The molecule has 0 heterocycles. The number of anilines is 1. The second kappa shape index (κ2) is 14.8. The zero-order valence-corrected chi connectivity index (χ0v) is 27.3. The molecule has 1 fully saturated rings. The van der Waals surface area contributed by atoms with Crippen LogP contribution in [-0.2, 0) is 26.2 Å². The normalized spacial score (nSPS) is 14.6. The molecule has 230 valence electrons. The van der Waals surface area contributed by atoms with Gasteiger partial charge in [0.25, 0.3) is 10.0 Å². The van der Waals surface area contributed by atoms with Crippen molar-refractivity contribution in [1.29, 1.82) is 0 Å². The first-order valence-corrected chi connectivity index (χ1v) is 17.0. The van der Waals surface area contributed by atoms with Crippen LogP contribution in [0.3, 0.4) is 0 Å². The molecule has 0 saturated heterocycles. The molecule has 2 amide bonds. The van der Waals surface area contributed by atoms with Gasteiger partial charge in [-0.05, 0) is 80.3 Å². The van der Waals surface area contributed by atoms with Crippen LogP contribution in [0.2, 0.25) is 15.1 Å². The fourth-order valence-electron chi connectivity index (χ4n) is 5.27. The molecular weight excluding hydrogens is 629 g/mol. The third kappa shape index (κ3) is 8.44. The zero-order valence-electron chi connectivity index (χ0n) is 24.2. The average molecular weight is 665 g/mol. The van der Waals surface area contributed by atoms with Crippen LogP contribution < -0.4 is 9.62 Å². The van der Waals surface area contributed by atoms with Gasteiger partial charge >= 0.3 is 0 Å². The summed E-state index contributed by atoms with van der Waals surface area (Å²) in [6.45, 7) is 3.24. The van der Waals surface area contributed by atoms with Crippen LogP contribution in [0.4, 0.5) is 5.69 Å². The summed E-state index contributed by atoms with van der Waals surface area (Å²) in [6, 6.07) is 16.9. The van der Waals surface area contributed by atoms with E-state index in [0.717, 1.165) is 42.0 Å². The summed E-state index contributed by atoms with van der Waals surface area (Å²) in [7, 11) is -4.18. The van der Waals surface area contributed by atoms with Crippen LogP contribution in [0.25, 0.3) is 0 Å². The van der Waals surface area contributed by atoms with Gasteiger partial charge < -0.3 is 10.2 Å². The van der Waals surface area contributed by atoms with E-state index in [-0.39, 0.29) is 23.4 Å². The monoisotopic (exact) mass is 663 g/mol. The zero-order chi connectivity index (χ0) is 31.1. The van der Waals surface area contributed by atoms with E-state index in [2.05, 4.69) is 5.32 Å². The summed E-state index contributed by atoms with van der Waals surface area (Å²) in [6.07, 6.45) is 5.35. The number of hydrogen-bond donors (Lipinski definition) is 1. The second-order valence-corrected chi connectivity index (χ2v) is 14.0. The Kier molecular flexibility index (Phi) is 11.4. The fourth-order valence-corrected chi connectivity index (χ4v) is 7.13. The number of carbonyl (C=O) groups excluding carboxylic acids is 2. The third-order valence-corrected chi connectivity index (χ3v) is 10.5. The molecule has 3 aromatic rings. The highest BCUT2D eigenvalue weighted by Crippen LogP contribution is 2.28. The number of nitrogens with one attached hydrogen (secondary N) is 1. The minimum atomic E-state index is -4.18. The maximum atomic E-state index is 14.2. The Morgan fingerprint density at radius 2 is 1.56 bits per heavy atom. The number of hydrogen-bond acceptors (Lipinski definition) is 4. The summed E-state index contributed by atoms with van der Waals surface area (Å²) in [5, 5.41) is 4.21. The molecule has 0 radical (unpaired) electrons. The Labute approximate surface area is 269 Å².